The van der Waals surface area contributed by atoms with Crippen LogP contribution in [0.15, 0.2) is 52.3 Å². The Kier molecular flexibility index (Phi) is 4.59. The van der Waals surface area contributed by atoms with E-state index in [-0.39, 0.29) is 4.90 Å². The molecule has 106 valence electrons. The lowest BCUT2D eigenvalue weighted by Gasteiger charge is -2.06. The molecule has 0 aromatic heterocycles. The number of benzene rings is 2. The molecule has 4 N–H and O–H groups in total. The summed E-state index contributed by atoms with van der Waals surface area (Å²) in [5.74, 6) is 0.685. The Bertz CT molecular complexity index is 716. The molecule has 0 fully saturated rings. The molecule has 0 saturated heterocycles. The summed E-state index contributed by atoms with van der Waals surface area (Å²) in [5, 5.41) is 5.79. The highest BCUT2D eigenvalue weighted by molar-refractivity contribution is 7.98. The third-order valence-corrected chi connectivity index (χ3v) is 4.74. The first-order valence-corrected chi connectivity index (χ1v) is 8.56. The summed E-state index contributed by atoms with van der Waals surface area (Å²) in [6.45, 7) is 0. The second-order valence-electron chi connectivity index (χ2n) is 4.20. The van der Waals surface area contributed by atoms with Gasteiger partial charge in [0.05, 0.1) is 4.90 Å². The van der Waals surface area contributed by atoms with Crippen molar-refractivity contribution in [3.63, 3.8) is 0 Å². The summed E-state index contributed by atoms with van der Waals surface area (Å²) in [7, 11) is -3.75. The van der Waals surface area contributed by atoms with Gasteiger partial charge in [0.15, 0.2) is 0 Å². The van der Waals surface area contributed by atoms with E-state index in [4.69, 9.17) is 22.5 Å². The van der Waals surface area contributed by atoms with Crippen molar-refractivity contribution in [2.45, 2.75) is 15.5 Å². The molecule has 20 heavy (non-hydrogen) atoms. The largest absolute Gasteiger partial charge is 0.399 e. The molecule has 0 radical (unpaired) electrons. The lowest BCUT2D eigenvalue weighted by atomic mass is 10.2. The Morgan fingerprint density at radius 2 is 1.75 bits per heavy atom. The fraction of sp³-hybridized carbons (Fsp3) is 0.0769. The van der Waals surface area contributed by atoms with Crippen LogP contribution in [-0.2, 0) is 15.8 Å². The fourth-order valence-corrected chi connectivity index (χ4v) is 3.34. The second-order valence-corrected chi connectivity index (χ2v) is 7.24. The normalized spacial score (nSPS) is 11.5. The molecule has 2 aromatic carbocycles. The second kappa shape index (κ2) is 6.05. The van der Waals surface area contributed by atoms with Gasteiger partial charge in [-0.25, -0.2) is 13.6 Å². The van der Waals surface area contributed by atoms with Crippen molar-refractivity contribution in [1.29, 1.82) is 0 Å². The van der Waals surface area contributed by atoms with Crippen LogP contribution in [0.25, 0.3) is 0 Å². The minimum absolute atomic E-state index is 0.0242. The summed E-state index contributed by atoms with van der Waals surface area (Å²) in [6, 6.07) is 12.0. The van der Waals surface area contributed by atoms with E-state index in [0.29, 0.717) is 16.5 Å². The minimum atomic E-state index is -3.75. The van der Waals surface area contributed by atoms with Crippen LogP contribution in [0.4, 0.5) is 5.69 Å². The molecule has 0 heterocycles. The Morgan fingerprint density at radius 3 is 2.35 bits per heavy atom. The van der Waals surface area contributed by atoms with Crippen molar-refractivity contribution in [2.75, 3.05) is 5.73 Å². The number of hydrogen-bond donors (Lipinski definition) is 2. The van der Waals surface area contributed by atoms with Crippen molar-refractivity contribution >= 4 is 39.1 Å². The number of anilines is 1. The van der Waals surface area contributed by atoms with Crippen LogP contribution in [0, 0.1) is 0 Å². The first kappa shape index (κ1) is 15.2. The van der Waals surface area contributed by atoms with Crippen LogP contribution >= 0.6 is 23.4 Å². The van der Waals surface area contributed by atoms with Gasteiger partial charge in [0.2, 0.25) is 10.0 Å². The number of sulfonamides is 1. The van der Waals surface area contributed by atoms with Gasteiger partial charge in [0.25, 0.3) is 0 Å². The van der Waals surface area contributed by atoms with Gasteiger partial charge >= 0.3 is 0 Å². The number of primary sulfonamides is 1. The van der Waals surface area contributed by atoms with Gasteiger partial charge in [-0.2, -0.15) is 0 Å². The van der Waals surface area contributed by atoms with Crippen molar-refractivity contribution in [3.05, 3.63) is 53.1 Å². The molecule has 0 bridgehead atoms. The zero-order chi connectivity index (χ0) is 14.8. The lowest BCUT2D eigenvalue weighted by molar-refractivity contribution is 0.597. The van der Waals surface area contributed by atoms with Crippen LogP contribution in [0.5, 0.6) is 0 Å². The first-order valence-electron chi connectivity index (χ1n) is 5.65. The molecule has 7 heteroatoms. The van der Waals surface area contributed by atoms with E-state index < -0.39 is 10.0 Å². The number of rotatable bonds is 4. The van der Waals surface area contributed by atoms with Gasteiger partial charge in [-0.3, -0.25) is 0 Å². The highest BCUT2D eigenvalue weighted by Gasteiger charge is 2.10. The highest BCUT2D eigenvalue weighted by Crippen LogP contribution is 2.27. The third-order valence-electron chi connectivity index (χ3n) is 2.55. The van der Waals surface area contributed by atoms with E-state index in [1.54, 1.807) is 6.07 Å². The van der Waals surface area contributed by atoms with Crippen molar-refractivity contribution < 1.29 is 8.42 Å². The molecule has 0 aliphatic heterocycles. The van der Waals surface area contributed by atoms with Gasteiger partial charge in [0, 0.05) is 21.4 Å². The summed E-state index contributed by atoms with van der Waals surface area (Å²) >= 11 is 7.30. The smallest absolute Gasteiger partial charge is 0.238 e. The quantitative estimate of drug-likeness (QED) is 0.667. The zero-order valence-electron chi connectivity index (χ0n) is 10.4. The van der Waals surface area contributed by atoms with E-state index in [0.717, 1.165) is 10.5 Å². The molecule has 0 amide bonds. The van der Waals surface area contributed by atoms with E-state index in [1.165, 1.54) is 23.9 Å². The molecular weight excluding hydrogens is 316 g/mol. The van der Waals surface area contributed by atoms with Crippen molar-refractivity contribution in [3.8, 4) is 0 Å². The van der Waals surface area contributed by atoms with E-state index in [2.05, 4.69) is 0 Å². The van der Waals surface area contributed by atoms with Crippen LogP contribution < -0.4 is 10.9 Å². The maximum absolute atomic E-state index is 11.3. The molecule has 2 rings (SSSR count). The zero-order valence-corrected chi connectivity index (χ0v) is 12.8. The molecule has 2 aromatic rings. The maximum atomic E-state index is 11.3. The van der Waals surface area contributed by atoms with Gasteiger partial charge in [-0.05, 0) is 35.9 Å². The average molecular weight is 329 g/mol. The Hall–Kier alpha value is -1.21. The van der Waals surface area contributed by atoms with Crippen LogP contribution in [0.2, 0.25) is 5.02 Å². The van der Waals surface area contributed by atoms with Crippen molar-refractivity contribution in [1.82, 2.24) is 0 Å². The van der Waals surface area contributed by atoms with Gasteiger partial charge in [0.1, 0.15) is 0 Å². The lowest BCUT2D eigenvalue weighted by Crippen LogP contribution is -2.12. The Balaban J connectivity index is 2.17. The first-order chi connectivity index (χ1) is 9.34. The molecule has 0 spiro atoms. The molecule has 0 atom stereocenters. The number of thioether (sulfide) groups is 1. The highest BCUT2D eigenvalue weighted by atomic mass is 35.5. The number of hydrogen-bond acceptors (Lipinski definition) is 4. The molecule has 0 unspecified atom stereocenters. The summed E-state index contributed by atoms with van der Waals surface area (Å²) in [6.07, 6.45) is 0. The number of nitrogen functional groups attached to an aromatic ring is 1. The van der Waals surface area contributed by atoms with Gasteiger partial charge < -0.3 is 5.73 Å². The fourth-order valence-electron chi connectivity index (χ4n) is 1.59. The summed E-state index contributed by atoms with van der Waals surface area (Å²) in [5.41, 5.74) is 7.15. The van der Waals surface area contributed by atoms with Gasteiger partial charge in [-0.15, -0.1) is 11.8 Å². The molecular formula is C13H13ClN2O2S2. The van der Waals surface area contributed by atoms with Gasteiger partial charge in [-0.1, -0.05) is 23.7 Å². The van der Waals surface area contributed by atoms with E-state index in [1.807, 2.05) is 24.3 Å². The average Bonchev–Trinajstić information content (AvgIpc) is 2.36. The van der Waals surface area contributed by atoms with Crippen molar-refractivity contribution in [2.24, 2.45) is 5.14 Å². The van der Waals surface area contributed by atoms with E-state index in [9.17, 15) is 8.42 Å². The Morgan fingerprint density at radius 1 is 1.10 bits per heavy atom. The number of halogens is 1. The predicted molar refractivity (Wildman–Crippen MR) is 83.2 cm³/mol. The molecule has 0 saturated carbocycles. The number of nitrogens with two attached hydrogens (primary N) is 2. The standard InChI is InChI=1S/C13H13ClN2O2S2/c14-10-3-1-9(2-4-10)8-19-12-5-11(15)6-13(7-12)20(16,17)18/h1-7H,8,15H2,(H2,16,17,18). The molecule has 4 nitrogen and oxygen atoms in total. The molecule has 0 aliphatic carbocycles. The van der Waals surface area contributed by atoms with Crippen LogP contribution in [-0.4, -0.2) is 8.42 Å². The third kappa shape index (κ3) is 4.14. The van der Waals surface area contributed by atoms with Crippen LogP contribution in [0.3, 0.4) is 0 Å². The monoisotopic (exact) mass is 328 g/mol. The summed E-state index contributed by atoms with van der Waals surface area (Å²) < 4.78 is 22.7. The minimum Gasteiger partial charge on any atom is -0.399 e. The summed E-state index contributed by atoms with van der Waals surface area (Å²) in [4.78, 5) is 0.778. The Labute approximate surface area is 127 Å². The maximum Gasteiger partial charge on any atom is 0.238 e. The SMILES string of the molecule is Nc1cc(SCc2ccc(Cl)cc2)cc(S(N)(=O)=O)c1. The van der Waals surface area contributed by atoms with E-state index >= 15 is 0 Å². The topological polar surface area (TPSA) is 86.2 Å². The molecule has 0 aliphatic rings. The predicted octanol–water partition coefficient (Wildman–Crippen LogP) is 2.86. The van der Waals surface area contributed by atoms with Crippen LogP contribution in [0.1, 0.15) is 5.56 Å².